The van der Waals surface area contributed by atoms with E-state index in [1.54, 1.807) is 104 Å². The fraction of sp³-hybridized carbons (Fsp3) is 0.121. The van der Waals surface area contributed by atoms with Crippen LogP contribution in [0, 0.1) is 0 Å². The lowest BCUT2D eigenvalue weighted by Gasteiger charge is -2.16. The van der Waals surface area contributed by atoms with E-state index in [9.17, 15) is 14.4 Å². The number of ether oxygens (including phenoxy) is 1. The number of nitrogens with one attached hydrogen (secondary N) is 3. The van der Waals surface area contributed by atoms with Gasteiger partial charge in [-0.25, -0.2) is 0 Å². The molecule has 7 nitrogen and oxygen atoms in total. The predicted octanol–water partition coefficient (Wildman–Crippen LogP) is 7.27. The Bertz CT molecular complexity index is 1590. The minimum Gasteiger partial charge on any atom is -0.497 e. The maximum Gasteiger partial charge on any atom is 0.272 e. The van der Waals surface area contributed by atoms with Crippen molar-refractivity contribution in [1.29, 1.82) is 0 Å². The van der Waals surface area contributed by atoms with E-state index in [1.165, 1.54) is 11.8 Å². The van der Waals surface area contributed by atoms with Crippen LogP contribution in [0.4, 0.5) is 11.4 Å². The summed E-state index contributed by atoms with van der Waals surface area (Å²) in [5, 5.41) is 8.58. The van der Waals surface area contributed by atoms with Gasteiger partial charge < -0.3 is 20.7 Å². The van der Waals surface area contributed by atoms with Gasteiger partial charge in [-0.05, 0) is 72.7 Å². The molecule has 4 rings (SSSR count). The van der Waals surface area contributed by atoms with Crippen LogP contribution >= 0.6 is 23.4 Å². The van der Waals surface area contributed by atoms with E-state index in [2.05, 4.69) is 16.0 Å². The maximum absolute atomic E-state index is 13.5. The fourth-order valence-electron chi connectivity index (χ4n) is 3.95. The number of methoxy groups -OCH3 is 1. The lowest BCUT2D eigenvalue weighted by atomic mass is 10.1. The summed E-state index contributed by atoms with van der Waals surface area (Å²) >= 11 is 7.59. The van der Waals surface area contributed by atoms with E-state index in [4.69, 9.17) is 16.3 Å². The molecule has 0 bridgehead atoms. The van der Waals surface area contributed by atoms with Crippen molar-refractivity contribution in [1.82, 2.24) is 5.32 Å². The normalized spacial score (nSPS) is 11.7. The van der Waals surface area contributed by atoms with Gasteiger partial charge in [0.05, 0.1) is 23.1 Å². The third-order valence-corrected chi connectivity index (χ3v) is 7.79. The lowest BCUT2D eigenvalue weighted by Crippen LogP contribution is -2.30. The number of rotatable bonds is 11. The van der Waals surface area contributed by atoms with Gasteiger partial charge in [0.1, 0.15) is 11.4 Å². The summed E-state index contributed by atoms with van der Waals surface area (Å²) in [6.07, 6.45) is 2.17. The molecule has 4 aromatic rings. The quantitative estimate of drug-likeness (QED) is 0.124. The summed E-state index contributed by atoms with van der Waals surface area (Å²) in [6.45, 7) is 1.93. The summed E-state index contributed by atoms with van der Waals surface area (Å²) in [7, 11) is 1.56. The van der Waals surface area contributed by atoms with Gasteiger partial charge >= 0.3 is 0 Å². The standard InChI is InChI=1S/C33H30ClN3O4S/c1-3-30(33(40)36-28-18-8-7-17-27(28)34)42-26-16-10-14-24(21-26)35-32(39)29(20-22-11-9-15-25(19-22)41-2)37-31(38)23-12-5-4-6-13-23/h4-21,30H,3H2,1-2H3,(H,35,39)(H,36,40)(H,37,38)/b29-20-. The Morgan fingerprint density at radius 1 is 0.881 bits per heavy atom. The number of halogens is 1. The Morgan fingerprint density at radius 2 is 1.62 bits per heavy atom. The third-order valence-electron chi connectivity index (χ3n) is 6.10. The van der Waals surface area contributed by atoms with Crippen LogP contribution in [0.3, 0.4) is 0 Å². The molecule has 0 fully saturated rings. The van der Waals surface area contributed by atoms with Gasteiger partial charge in [0.2, 0.25) is 5.91 Å². The summed E-state index contributed by atoms with van der Waals surface area (Å²) in [5.74, 6) is -0.476. The highest BCUT2D eigenvalue weighted by atomic mass is 35.5. The summed E-state index contributed by atoms with van der Waals surface area (Å²) in [4.78, 5) is 40.2. The van der Waals surface area contributed by atoms with Crippen LogP contribution in [0.2, 0.25) is 5.02 Å². The van der Waals surface area contributed by atoms with E-state index in [-0.39, 0.29) is 16.9 Å². The highest BCUT2D eigenvalue weighted by Crippen LogP contribution is 2.30. The van der Waals surface area contributed by atoms with Gasteiger partial charge in [-0.3, -0.25) is 14.4 Å². The van der Waals surface area contributed by atoms with E-state index < -0.39 is 11.8 Å². The van der Waals surface area contributed by atoms with Crippen molar-refractivity contribution in [3.63, 3.8) is 0 Å². The Hall–Kier alpha value is -4.53. The second kappa shape index (κ2) is 14.9. The second-order valence-corrected chi connectivity index (χ2v) is 10.8. The number of benzene rings is 4. The van der Waals surface area contributed by atoms with Crippen molar-refractivity contribution in [2.75, 3.05) is 17.7 Å². The van der Waals surface area contributed by atoms with Gasteiger partial charge in [0.15, 0.2) is 0 Å². The van der Waals surface area contributed by atoms with Crippen LogP contribution < -0.4 is 20.7 Å². The molecule has 3 N–H and O–H groups in total. The molecule has 9 heteroatoms. The largest absolute Gasteiger partial charge is 0.497 e. The third kappa shape index (κ3) is 8.49. The molecule has 0 heterocycles. The topological polar surface area (TPSA) is 96.5 Å². The molecule has 0 aromatic heterocycles. The highest BCUT2D eigenvalue weighted by Gasteiger charge is 2.20. The first-order valence-corrected chi connectivity index (χ1v) is 14.5. The number of amides is 3. The first kappa shape index (κ1) is 30.4. The number of para-hydroxylation sites is 1. The highest BCUT2D eigenvalue weighted by molar-refractivity contribution is 8.00. The molecular formula is C33H30ClN3O4S. The summed E-state index contributed by atoms with van der Waals surface area (Å²) in [6, 6.07) is 30.1. The molecule has 3 amide bonds. The SMILES string of the molecule is CCC(Sc1cccc(NC(=O)/C(=C/c2cccc(OC)c2)NC(=O)c2ccccc2)c1)C(=O)Nc1ccccc1Cl. The molecule has 1 unspecified atom stereocenters. The number of carbonyl (C=O) groups excluding carboxylic acids is 3. The molecular weight excluding hydrogens is 570 g/mol. The van der Waals surface area contributed by atoms with Crippen LogP contribution in [0.15, 0.2) is 114 Å². The zero-order chi connectivity index (χ0) is 29.9. The van der Waals surface area contributed by atoms with Gasteiger partial charge in [0.25, 0.3) is 11.8 Å². The average Bonchev–Trinajstić information content (AvgIpc) is 3.01. The predicted molar refractivity (Wildman–Crippen MR) is 170 cm³/mol. The molecule has 42 heavy (non-hydrogen) atoms. The van der Waals surface area contributed by atoms with Gasteiger partial charge in [-0.1, -0.05) is 67.1 Å². The van der Waals surface area contributed by atoms with Crippen LogP contribution in [-0.2, 0) is 9.59 Å². The molecule has 0 spiro atoms. The monoisotopic (exact) mass is 599 g/mol. The van der Waals surface area contributed by atoms with E-state index >= 15 is 0 Å². The molecule has 0 saturated carbocycles. The van der Waals surface area contributed by atoms with Crippen molar-refractivity contribution in [2.45, 2.75) is 23.5 Å². The number of hydrogen-bond donors (Lipinski definition) is 3. The Balaban J connectivity index is 1.52. The first-order valence-electron chi connectivity index (χ1n) is 13.2. The maximum atomic E-state index is 13.5. The minimum atomic E-state index is -0.507. The molecule has 1 atom stereocenters. The van der Waals surface area contributed by atoms with Gasteiger partial charge in [0, 0.05) is 16.1 Å². The van der Waals surface area contributed by atoms with E-state index in [0.29, 0.717) is 39.7 Å². The molecule has 0 aliphatic carbocycles. The van der Waals surface area contributed by atoms with Crippen LogP contribution in [0.25, 0.3) is 6.08 Å². The van der Waals surface area contributed by atoms with Crippen molar-refractivity contribution >= 4 is 58.5 Å². The van der Waals surface area contributed by atoms with Gasteiger partial charge in [-0.15, -0.1) is 11.8 Å². The van der Waals surface area contributed by atoms with Crippen molar-refractivity contribution in [3.8, 4) is 5.75 Å². The Morgan fingerprint density at radius 3 is 2.36 bits per heavy atom. The number of thioether (sulfide) groups is 1. The average molecular weight is 600 g/mol. The summed E-state index contributed by atoms with van der Waals surface area (Å²) < 4.78 is 5.30. The smallest absolute Gasteiger partial charge is 0.272 e. The Labute approximate surface area is 254 Å². The second-order valence-electron chi connectivity index (χ2n) is 9.12. The molecule has 214 valence electrons. The van der Waals surface area contributed by atoms with E-state index in [1.807, 2.05) is 19.1 Å². The number of anilines is 2. The zero-order valence-corrected chi connectivity index (χ0v) is 24.7. The Kier molecular flexibility index (Phi) is 10.8. The molecule has 4 aromatic carbocycles. The van der Waals surface area contributed by atoms with Crippen LogP contribution in [0.1, 0.15) is 29.3 Å². The molecule has 0 saturated heterocycles. The van der Waals surface area contributed by atoms with Crippen molar-refractivity contribution < 1.29 is 19.1 Å². The first-order chi connectivity index (χ1) is 20.4. The summed E-state index contributed by atoms with van der Waals surface area (Å²) in [5.41, 5.74) is 2.21. The van der Waals surface area contributed by atoms with Crippen LogP contribution in [0.5, 0.6) is 5.75 Å². The molecule has 0 aliphatic heterocycles. The minimum absolute atomic E-state index is 0.0562. The van der Waals surface area contributed by atoms with Crippen LogP contribution in [-0.4, -0.2) is 30.1 Å². The van der Waals surface area contributed by atoms with Crippen molar-refractivity contribution in [2.24, 2.45) is 0 Å². The number of hydrogen-bond acceptors (Lipinski definition) is 5. The molecule has 0 aliphatic rings. The lowest BCUT2D eigenvalue weighted by molar-refractivity contribution is -0.116. The zero-order valence-electron chi connectivity index (χ0n) is 23.1. The number of carbonyl (C=O) groups is 3. The molecule has 0 radical (unpaired) electrons. The van der Waals surface area contributed by atoms with Gasteiger partial charge in [-0.2, -0.15) is 0 Å². The van der Waals surface area contributed by atoms with Crippen molar-refractivity contribution in [3.05, 3.63) is 125 Å². The van der Waals surface area contributed by atoms with E-state index in [0.717, 1.165) is 4.90 Å². The fourth-order valence-corrected chi connectivity index (χ4v) is 5.14.